The third-order valence-electron chi connectivity index (χ3n) is 4.92. The first-order valence-corrected chi connectivity index (χ1v) is 17.7. The van der Waals surface area contributed by atoms with Gasteiger partial charge in [0, 0.05) is 0 Å². The van der Waals surface area contributed by atoms with E-state index in [1.807, 2.05) is 39.8 Å². The molecule has 0 atom stereocenters. The van der Waals surface area contributed by atoms with Crippen molar-refractivity contribution in [1.82, 2.24) is 19.9 Å². The predicted molar refractivity (Wildman–Crippen MR) is 154 cm³/mol. The maximum Gasteiger partial charge on any atom is 1.00 e. The minimum atomic E-state index is 0. The molecule has 0 saturated carbocycles. The van der Waals surface area contributed by atoms with Gasteiger partial charge in [-0.05, 0) is 57.4 Å². The average molecular weight is 1000 g/mol. The average Bonchev–Trinajstić information content (AvgIpc) is 2.70. The minimum Gasteiger partial charge on any atom is 1.00 e. The van der Waals surface area contributed by atoms with Crippen molar-refractivity contribution >= 4 is 57.3 Å². The molecule has 2 aromatic rings. The third kappa shape index (κ3) is 25.2. The van der Waals surface area contributed by atoms with Crippen molar-refractivity contribution in [3.05, 3.63) is 34.9 Å². The molecular weight excluding hydrogens is 958 g/mol. The molecule has 0 aliphatic rings. The van der Waals surface area contributed by atoms with Gasteiger partial charge in [0.15, 0.2) is 0 Å². The molecule has 0 N–H and O–H groups in total. The standard InChI is InChI=1S/2C6H8N2Se.2C6H15P.2Au/c2*1-4-3-5(2)8-6(9)7-4;2*1-4-7(5-2)6-3;;/h2*3H,1-2H3,(H,7,8,9);2*4-6H2,1-3H3;;/q;;;;2*+1. The normalized spacial score (nSPS) is 9.29. The van der Waals surface area contributed by atoms with Crippen LogP contribution in [0.15, 0.2) is 12.1 Å². The van der Waals surface area contributed by atoms with Crippen molar-refractivity contribution in [1.29, 1.82) is 0 Å². The largest absolute Gasteiger partial charge is 1.00 e. The zero-order valence-corrected chi connectivity index (χ0v) is 32.4. The van der Waals surface area contributed by atoms with E-state index >= 15 is 0 Å². The molecule has 0 aliphatic heterocycles. The predicted octanol–water partition coefficient (Wildman–Crippen LogP) is 4.29. The fraction of sp³-hybridized carbons (Fsp3) is 0.667. The second kappa shape index (κ2) is 27.6. The van der Waals surface area contributed by atoms with E-state index in [1.54, 1.807) is 0 Å². The van der Waals surface area contributed by atoms with Gasteiger partial charge in [0.2, 0.25) is 0 Å². The van der Waals surface area contributed by atoms with Crippen molar-refractivity contribution in [2.45, 2.75) is 69.2 Å². The van der Waals surface area contributed by atoms with Crippen LogP contribution in [0.5, 0.6) is 0 Å². The Morgan fingerprint density at radius 3 is 0.765 bits per heavy atom. The molecule has 0 bridgehead atoms. The SMILES string of the molecule is CC[PH+](CC)CC.CC[PH+](CC)CC.Cc1cc(C)nc([Se-])n1.Cc1cc(C)nc([Se-])n1.[Au+].[Au+]. The summed E-state index contributed by atoms with van der Waals surface area (Å²) in [5, 5.41) is 0. The zero-order chi connectivity index (χ0) is 25.1. The summed E-state index contributed by atoms with van der Waals surface area (Å²) >= 11 is 5.52. The van der Waals surface area contributed by atoms with Gasteiger partial charge in [-0.25, -0.2) is 0 Å². The number of rotatable bonds is 6. The molecule has 0 saturated heterocycles. The van der Waals surface area contributed by atoms with Crippen LogP contribution in [-0.2, 0) is 44.8 Å². The quantitative estimate of drug-likeness (QED) is 0.321. The summed E-state index contributed by atoms with van der Waals surface area (Å²) in [6, 6.07) is 3.89. The van der Waals surface area contributed by atoms with Crippen LogP contribution in [0.2, 0.25) is 0 Å². The minimum absolute atomic E-state index is 0. The van der Waals surface area contributed by atoms with Gasteiger partial charge in [-0.2, -0.15) is 0 Å². The van der Waals surface area contributed by atoms with Gasteiger partial charge in [0.05, 0.1) is 37.0 Å². The van der Waals surface area contributed by atoms with Crippen LogP contribution in [0.3, 0.4) is 0 Å². The van der Waals surface area contributed by atoms with Crippen LogP contribution in [0.1, 0.15) is 64.3 Å². The summed E-state index contributed by atoms with van der Waals surface area (Å²) in [7, 11) is 0.275. The van der Waals surface area contributed by atoms with Crippen LogP contribution >= 0.6 is 15.8 Å². The molecule has 204 valence electrons. The van der Waals surface area contributed by atoms with Crippen molar-refractivity contribution in [2.75, 3.05) is 37.0 Å². The number of aromatic nitrogens is 4. The first-order valence-electron chi connectivity index (χ1n) is 11.7. The summed E-state index contributed by atoms with van der Waals surface area (Å²) in [5.74, 6) is 0. The van der Waals surface area contributed by atoms with E-state index in [4.69, 9.17) is 0 Å². The summed E-state index contributed by atoms with van der Waals surface area (Å²) in [5.41, 5.74) is 4.04. The third-order valence-corrected chi connectivity index (χ3v) is 11.7. The first-order chi connectivity index (χ1) is 15.1. The number of nitrogens with zero attached hydrogens (tertiary/aromatic N) is 4. The molecule has 0 aromatic carbocycles. The van der Waals surface area contributed by atoms with Gasteiger partial charge in [0.25, 0.3) is 0 Å². The van der Waals surface area contributed by atoms with Gasteiger partial charge in [-0.3, -0.25) is 0 Å². The van der Waals surface area contributed by atoms with E-state index in [2.05, 4.69) is 93.5 Å². The van der Waals surface area contributed by atoms with E-state index in [-0.39, 0.29) is 60.6 Å². The summed E-state index contributed by atoms with van der Waals surface area (Å²) in [6.45, 7) is 21.7. The van der Waals surface area contributed by atoms with Gasteiger partial charge in [-0.15, -0.1) is 0 Å². The summed E-state index contributed by atoms with van der Waals surface area (Å²) < 4.78 is 1.46. The van der Waals surface area contributed by atoms with Crippen molar-refractivity contribution < 1.29 is 44.8 Å². The fourth-order valence-electron chi connectivity index (χ4n) is 2.89. The Kier molecular flexibility index (Phi) is 34.6. The molecule has 4 nitrogen and oxygen atoms in total. The summed E-state index contributed by atoms with van der Waals surface area (Å²) in [6.07, 6.45) is 8.74. The van der Waals surface area contributed by atoms with E-state index in [0.29, 0.717) is 0 Å². The van der Waals surface area contributed by atoms with Crippen LogP contribution in [0.4, 0.5) is 0 Å². The van der Waals surface area contributed by atoms with Crippen molar-refractivity contribution in [3.8, 4) is 0 Å². The molecule has 0 unspecified atom stereocenters. The molecule has 0 spiro atoms. The Balaban J connectivity index is -0.000000175. The van der Waals surface area contributed by atoms with Crippen molar-refractivity contribution in [3.63, 3.8) is 0 Å². The Labute approximate surface area is 260 Å². The van der Waals surface area contributed by atoms with E-state index in [1.165, 1.54) is 37.0 Å². The van der Waals surface area contributed by atoms with E-state index < -0.39 is 0 Å². The Morgan fingerprint density at radius 2 is 0.676 bits per heavy atom. The van der Waals surface area contributed by atoms with Crippen LogP contribution < -0.4 is 9.45 Å². The molecular formula is C24H46Au2N4P2Se2+2. The molecule has 2 aromatic heterocycles. The van der Waals surface area contributed by atoms with Gasteiger partial charge < -0.3 is 0 Å². The molecule has 34 heavy (non-hydrogen) atoms. The maximum atomic E-state index is 4.07. The molecule has 0 fully saturated rings. The zero-order valence-electron chi connectivity index (χ0n) is 22.6. The Morgan fingerprint density at radius 1 is 0.500 bits per heavy atom. The second-order valence-electron chi connectivity index (χ2n) is 7.49. The fourth-order valence-corrected chi connectivity index (χ4v) is 7.10. The summed E-state index contributed by atoms with van der Waals surface area (Å²) in [4.78, 5) is 16.3. The number of hydrogen-bond acceptors (Lipinski definition) is 4. The second-order valence-corrected chi connectivity index (χ2v) is 16.3. The first kappa shape index (κ1) is 42.6. The monoisotopic (exact) mass is 1010 g/mol. The Bertz CT molecular complexity index is 563. The van der Waals surface area contributed by atoms with Crippen LogP contribution in [0.25, 0.3) is 0 Å². The topological polar surface area (TPSA) is 51.6 Å². The van der Waals surface area contributed by atoms with Gasteiger partial charge in [-0.1, -0.05) is 0 Å². The molecule has 0 radical (unpaired) electrons. The number of aryl methyl sites for hydroxylation is 4. The van der Waals surface area contributed by atoms with Crippen molar-refractivity contribution in [2.24, 2.45) is 0 Å². The van der Waals surface area contributed by atoms with Gasteiger partial charge in [0.1, 0.15) is 0 Å². The van der Waals surface area contributed by atoms with Gasteiger partial charge >= 0.3 is 169 Å². The van der Waals surface area contributed by atoms with E-state index in [0.717, 1.165) is 32.2 Å². The van der Waals surface area contributed by atoms with Crippen LogP contribution in [-0.4, -0.2) is 88.9 Å². The molecule has 10 heteroatoms. The number of hydrogen-bond donors (Lipinski definition) is 0. The molecule has 2 heterocycles. The molecule has 0 aliphatic carbocycles. The Hall–Kier alpha value is 1.54. The maximum absolute atomic E-state index is 4.07. The molecule has 0 amide bonds. The smallest absolute Gasteiger partial charge is 1.00 e. The van der Waals surface area contributed by atoms with E-state index in [9.17, 15) is 0 Å². The van der Waals surface area contributed by atoms with Crippen LogP contribution in [0, 0.1) is 27.7 Å². The molecule has 2 rings (SSSR count).